The monoisotopic (exact) mass is 360 g/mol. The maximum absolute atomic E-state index is 10.7. The minimum atomic E-state index is -0.494. The van der Waals surface area contributed by atoms with Crippen LogP contribution in [0, 0.1) is 10.1 Å². The van der Waals surface area contributed by atoms with E-state index in [-0.39, 0.29) is 17.3 Å². The van der Waals surface area contributed by atoms with Crippen LogP contribution in [0.25, 0.3) is 0 Å². The Morgan fingerprint density at radius 3 is 2.71 bits per heavy atom. The SMILES string of the molecule is O=[N+]([O-])c1ccc(OCc2csc(Cc3ccccc3)n2)c(Cl)c1. The topological polar surface area (TPSA) is 65.3 Å². The molecular weight excluding hydrogens is 348 g/mol. The predicted octanol–water partition coefficient (Wildman–Crippen LogP) is 4.87. The van der Waals surface area contributed by atoms with Gasteiger partial charge >= 0.3 is 0 Å². The smallest absolute Gasteiger partial charge is 0.271 e. The van der Waals surface area contributed by atoms with E-state index in [0.717, 1.165) is 17.1 Å². The third kappa shape index (κ3) is 4.10. The first-order valence-electron chi connectivity index (χ1n) is 7.16. The summed E-state index contributed by atoms with van der Waals surface area (Å²) in [5, 5.41) is 13.9. The number of nitrogens with zero attached hydrogens (tertiary/aromatic N) is 2. The van der Waals surface area contributed by atoms with Crippen LogP contribution in [0.4, 0.5) is 5.69 Å². The summed E-state index contributed by atoms with van der Waals surface area (Å²) in [6.45, 7) is 0.267. The quantitative estimate of drug-likeness (QED) is 0.464. The summed E-state index contributed by atoms with van der Waals surface area (Å²) < 4.78 is 5.61. The van der Waals surface area contributed by atoms with Crippen molar-refractivity contribution in [1.29, 1.82) is 0 Å². The molecule has 0 unspecified atom stereocenters. The number of halogens is 1. The normalized spacial score (nSPS) is 10.5. The lowest BCUT2D eigenvalue weighted by molar-refractivity contribution is -0.384. The Hall–Kier alpha value is -2.44. The highest BCUT2D eigenvalue weighted by molar-refractivity contribution is 7.09. The van der Waals surface area contributed by atoms with Gasteiger partial charge in [-0.3, -0.25) is 10.1 Å². The number of nitro groups is 1. The third-order valence-corrected chi connectivity index (χ3v) is 4.49. The van der Waals surface area contributed by atoms with Crippen LogP contribution >= 0.6 is 22.9 Å². The molecule has 0 radical (unpaired) electrons. The number of non-ortho nitro benzene ring substituents is 1. The van der Waals surface area contributed by atoms with Gasteiger partial charge in [0, 0.05) is 23.9 Å². The van der Waals surface area contributed by atoms with E-state index < -0.39 is 4.92 Å². The summed E-state index contributed by atoms with van der Waals surface area (Å²) in [4.78, 5) is 14.7. The minimum absolute atomic E-state index is 0.0637. The van der Waals surface area contributed by atoms with E-state index in [1.165, 1.54) is 23.8 Å². The molecule has 0 saturated heterocycles. The van der Waals surface area contributed by atoms with Gasteiger partial charge in [0.1, 0.15) is 12.4 Å². The fraction of sp³-hybridized carbons (Fsp3) is 0.118. The Kier molecular flexibility index (Phi) is 5.08. The van der Waals surface area contributed by atoms with Crippen LogP contribution in [0.3, 0.4) is 0 Å². The van der Waals surface area contributed by atoms with Crippen LogP contribution in [-0.4, -0.2) is 9.91 Å². The summed E-state index contributed by atoms with van der Waals surface area (Å²) in [6, 6.07) is 14.3. The van der Waals surface area contributed by atoms with Gasteiger partial charge in [-0.2, -0.15) is 0 Å². The molecule has 0 bridgehead atoms. The molecule has 1 heterocycles. The molecule has 0 fully saturated rings. The van der Waals surface area contributed by atoms with Crippen molar-refractivity contribution in [1.82, 2.24) is 4.98 Å². The van der Waals surface area contributed by atoms with Crippen molar-refractivity contribution >= 4 is 28.6 Å². The van der Waals surface area contributed by atoms with E-state index in [9.17, 15) is 10.1 Å². The lowest BCUT2D eigenvalue weighted by Gasteiger charge is -2.06. The molecule has 5 nitrogen and oxygen atoms in total. The van der Waals surface area contributed by atoms with Crippen molar-refractivity contribution in [2.75, 3.05) is 0 Å². The van der Waals surface area contributed by atoms with Gasteiger partial charge in [0.15, 0.2) is 0 Å². The fourth-order valence-electron chi connectivity index (χ4n) is 2.14. The van der Waals surface area contributed by atoms with Crippen LogP contribution in [-0.2, 0) is 13.0 Å². The molecule has 7 heteroatoms. The predicted molar refractivity (Wildman–Crippen MR) is 93.8 cm³/mol. The van der Waals surface area contributed by atoms with Crippen LogP contribution in [0.15, 0.2) is 53.9 Å². The third-order valence-electron chi connectivity index (χ3n) is 3.30. The first kappa shape index (κ1) is 16.4. The van der Waals surface area contributed by atoms with E-state index in [1.54, 1.807) is 11.3 Å². The second-order valence-corrected chi connectivity index (χ2v) is 6.41. The number of aromatic nitrogens is 1. The molecule has 0 aliphatic rings. The Morgan fingerprint density at radius 1 is 1.21 bits per heavy atom. The zero-order valence-electron chi connectivity index (χ0n) is 12.5. The lowest BCUT2D eigenvalue weighted by Crippen LogP contribution is -1.98. The van der Waals surface area contributed by atoms with Crippen molar-refractivity contribution in [2.45, 2.75) is 13.0 Å². The largest absolute Gasteiger partial charge is 0.486 e. The average molecular weight is 361 g/mol. The summed E-state index contributed by atoms with van der Waals surface area (Å²) in [5.74, 6) is 0.403. The van der Waals surface area contributed by atoms with E-state index in [4.69, 9.17) is 16.3 Å². The molecule has 3 rings (SSSR count). The summed E-state index contributed by atoms with van der Waals surface area (Å²) in [6.07, 6.45) is 0.782. The number of benzene rings is 2. The Balaban J connectivity index is 1.62. The van der Waals surface area contributed by atoms with Gasteiger partial charge in [-0.05, 0) is 11.6 Å². The first-order chi connectivity index (χ1) is 11.6. The van der Waals surface area contributed by atoms with Crippen LogP contribution < -0.4 is 4.74 Å². The number of thiazole rings is 1. The molecule has 122 valence electrons. The lowest BCUT2D eigenvalue weighted by atomic mass is 10.2. The number of ether oxygens (including phenoxy) is 1. The highest BCUT2D eigenvalue weighted by Gasteiger charge is 2.11. The number of rotatable bonds is 6. The van der Waals surface area contributed by atoms with Gasteiger partial charge in [0.25, 0.3) is 5.69 Å². The zero-order chi connectivity index (χ0) is 16.9. The molecule has 1 aromatic heterocycles. The van der Waals surface area contributed by atoms with Crippen LogP contribution in [0.1, 0.15) is 16.3 Å². The van der Waals surface area contributed by atoms with Gasteiger partial charge in [0.2, 0.25) is 0 Å². The molecular formula is C17H13ClN2O3S. The molecule has 0 saturated carbocycles. The molecule has 0 N–H and O–H groups in total. The first-order valence-corrected chi connectivity index (χ1v) is 8.41. The highest BCUT2D eigenvalue weighted by Crippen LogP contribution is 2.29. The van der Waals surface area contributed by atoms with Crippen molar-refractivity contribution in [2.24, 2.45) is 0 Å². The summed E-state index contributed by atoms with van der Waals surface area (Å²) in [5.41, 5.74) is 1.95. The molecule has 3 aromatic rings. The van der Waals surface area contributed by atoms with Crippen molar-refractivity contribution in [3.05, 3.63) is 85.3 Å². The minimum Gasteiger partial charge on any atom is -0.486 e. The standard InChI is InChI=1S/C17H13ClN2O3S/c18-15-9-14(20(21)22)6-7-16(15)23-10-13-11-24-17(19-13)8-12-4-2-1-3-5-12/h1-7,9,11H,8,10H2. The number of nitro benzene ring substituents is 1. The second kappa shape index (κ2) is 7.42. The molecule has 0 aliphatic carbocycles. The summed E-state index contributed by atoms with van der Waals surface area (Å²) in [7, 11) is 0. The van der Waals surface area contributed by atoms with E-state index in [1.807, 2.05) is 23.6 Å². The van der Waals surface area contributed by atoms with Gasteiger partial charge in [0.05, 0.1) is 20.6 Å². The van der Waals surface area contributed by atoms with E-state index in [2.05, 4.69) is 17.1 Å². The van der Waals surface area contributed by atoms with Crippen LogP contribution in [0.2, 0.25) is 5.02 Å². The van der Waals surface area contributed by atoms with E-state index >= 15 is 0 Å². The zero-order valence-corrected chi connectivity index (χ0v) is 14.1. The van der Waals surface area contributed by atoms with Crippen LogP contribution in [0.5, 0.6) is 5.75 Å². The molecule has 0 amide bonds. The van der Waals surface area contributed by atoms with Crippen molar-refractivity contribution < 1.29 is 9.66 Å². The number of hydrogen-bond acceptors (Lipinski definition) is 5. The van der Waals surface area contributed by atoms with E-state index in [0.29, 0.717) is 5.75 Å². The number of hydrogen-bond donors (Lipinski definition) is 0. The molecule has 0 atom stereocenters. The second-order valence-electron chi connectivity index (χ2n) is 5.06. The molecule has 0 aliphatic heterocycles. The highest BCUT2D eigenvalue weighted by atomic mass is 35.5. The molecule has 24 heavy (non-hydrogen) atoms. The van der Waals surface area contributed by atoms with Crippen molar-refractivity contribution in [3.8, 4) is 5.75 Å². The van der Waals surface area contributed by atoms with Gasteiger partial charge < -0.3 is 4.74 Å². The molecule has 0 spiro atoms. The maximum atomic E-state index is 10.7. The van der Waals surface area contributed by atoms with Gasteiger partial charge in [-0.1, -0.05) is 41.9 Å². The molecule has 2 aromatic carbocycles. The van der Waals surface area contributed by atoms with Gasteiger partial charge in [-0.15, -0.1) is 11.3 Å². The Bertz CT molecular complexity index is 852. The fourth-order valence-corrected chi connectivity index (χ4v) is 3.18. The van der Waals surface area contributed by atoms with Crippen molar-refractivity contribution in [3.63, 3.8) is 0 Å². The summed E-state index contributed by atoms with van der Waals surface area (Å²) >= 11 is 7.58. The van der Waals surface area contributed by atoms with Gasteiger partial charge in [-0.25, -0.2) is 4.98 Å². The Morgan fingerprint density at radius 2 is 2.00 bits per heavy atom. The average Bonchev–Trinajstić information content (AvgIpc) is 3.02. The Labute approximate surface area is 147 Å². The maximum Gasteiger partial charge on any atom is 0.271 e.